The molecule has 4 rings (SSSR count). The van der Waals surface area contributed by atoms with Gasteiger partial charge >= 0.3 is 0 Å². The van der Waals surface area contributed by atoms with Gasteiger partial charge in [-0.25, -0.2) is 13.6 Å². The van der Waals surface area contributed by atoms with Gasteiger partial charge in [-0.3, -0.25) is 4.79 Å². The van der Waals surface area contributed by atoms with E-state index >= 15 is 0 Å². The molecule has 7 heteroatoms. The number of likely N-dealkylation sites (tertiary alicyclic amines) is 1. The number of benzene rings is 2. The van der Waals surface area contributed by atoms with E-state index in [1.165, 1.54) is 16.2 Å². The Bertz CT molecular complexity index is 1090. The van der Waals surface area contributed by atoms with Crippen molar-refractivity contribution in [2.75, 3.05) is 13.1 Å². The van der Waals surface area contributed by atoms with Crippen molar-refractivity contribution in [1.29, 1.82) is 0 Å². The second kappa shape index (κ2) is 7.16. The van der Waals surface area contributed by atoms with Crippen LogP contribution in [0, 0.1) is 6.57 Å². The van der Waals surface area contributed by atoms with Gasteiger partial charge in [-0.1, -0.05) is 23.7 Å². The maximum absolute atomic E-state index is 13.3. The molecule has 1 aliphatic rings. The molecule has 0 unspecified atom stereocenters. The van der Waals surface area contributed by atoms with E-state index in [2.05, 4.69) is 4.85 Å². The molecule has 142 valence electrons. The average molecular weight is 417 g/mol. The number of halogens is 3. The zero-order valence-corrected chi connectivity index (χ0v) is 16.3. The maximum Gasteiger partial charge on any atom is 0.253 e. The van der Waals surface area contributed by atoms with E-state index < -0.39 is 5.92 Å². The van der Waals surface area contributed by atoms with E-state index in [1.807, 2.05) is 30.3 Å². The Morgan fingerprint density at radius 3 is 2.43 bits per heavy atom. The monoisotopic (exact) mass is 416 g/mol. The zero-order chi connectivity index (χ0) is 19.9. The number of amides is 1. The number of alkyl halides is 2. The number of carbonyl (C=O) groups is 1. The van der Waals surface area contributed by atoms with Crippen molar-refractivity contribution < 1.29 is 13.6 Å². The van der Waals surface area contributed by atoms with Crippen molar-refractivity contribution >= 4 is 43.9 Å². The van der Waals surface area contributed by atoms with Gasteiger partial charge in [-0.2, -0.15) is 11.3 Å². The summed E-state index contributed by atoms with van der Waals surface area (Å²) in [6.45, 7) is 7.29. The molecule has 0 bridgehead atoms. The normalized spacial score (nSPS) is 16.1. The first-order valence-electron chi connectivity index (χ1n) is 8.74. The first-order chi connectivity index (χ1) is 13.4. The van der Waals surface area contributed by atoms with Crippen LogP contribution in [0.5, 0.6) is 0 Å². The van der Waals surface area contributed by atoms with Crippen LogP contribution in [0.3, 0.4) is 0 Å². The number of carbonyl (C=O) groups excluding carboxylic acids is 1. The van der Waals surface area contributed by atoms with Gasteiger partial charge in [0.15, 0.2) is 0 Å². The number of hydrogen-bond donors (Lipinski definition) is 0. The van der Waals surface area contributed by atoms with Crippen molar-refractivity contribution in [2.45, 2.75) is 18.8 Å². The molecular weight excluding hydrogens is 402 g/mol. The van der Waals surface area contributed by atoms with E-state index in [1.54, 1.807) is 12.1 Å². The lowest BCUT2D eigenvalue weighted by atomic mass is 10.0. The van der Waals surface area contributed by atoms with Crippen LogP contribution < -0.4 is 0 Å². The van der Waals surface area contributed by atoms with E-state index in [-0.39, 0.29) is 31.8 Å². The minimum absolute atomic E-state index is 0.0708. The SMILES string of the molecule is [C-]#[N+]c1cc2cc(-c3ccc(C(=O)N4CCC(F)(F)CC4)cc3)cc(Cl)c2s1. The first kappa shape index (κ1) is 18.9. The summed E-state index contributed by atoms with van der Waals surface area (Å²) >= 11 is 7.73. The molecule has 3 nitrogen and oxygen atoms in total. The van der Waals surface area contributed by atoms with Crippen LogP contribution in [0.4, 0.5) is 13.8 Å². The summed E-state index contributed by atoms with van der Waals surface area (Å²) in [5, 5.41) is 2.08. The number of hydrogen-bond acceptors (Lipinski definition) is 2. The summed E-state index contributed by atoms with van der Waals surface area (Å²) in [6, 6.07) is 12.7. The molecule has 0 spiro atoms. The number of nitrogens with zero attached hydrogens (tertiary/aromatic N) is 2. The van der Waals surface area contributed by atoms with Gasteiger partial charge in [-0.15, -0.1) is 0 Å². The van der Waals surface area contributed by atoms with Gasteiger partial charge in [0.1, 0.15) is 0 Å². The smallest absolute Gasteiger partial charge is 0.253 e. The Morgan fingerprint density at radius 1 is 1.11 bits per heavy atom. The van der Waals surface area contributed by atoms with E-state index in [4.69, 9.17) is 18.2 Å². The molecule has 1 aliphatic heterocycles. The topological polar surface area (TPSA) is 24.7 Å². The molecule has 2 aromatic carbocycles. The Kier molecular flexibility index (Phi) is 4.82. The van der Waals surface area contributed by atoms with Crippen molar-refractivity contribution in [3.05, 3.63) is 64.5 Å². The number of piperidine rings is 1. The molecule has 1 amide bonds. The quantitative estimate of drug-likeness (QED) is 0.429. The van der Waals surface area contributed by atoms with Crippen LogP contribution in [0.1, 0.15) is 23.2 Å². The molecule has 1 saturated heterocycles. The highest BCUT2D eigenvalue weighted by atomic mass is 35.5. The molecule has 0 N–H and O–H groups in total. The van der Waals surface area contributed by atoms with Crippen molar-refractivity contribution in [1.82, 2.24) is 4.90 Å². The van der Waals surface area contributed by atoms with E-state index in [0.29, 0.717) is 15.6 Å². The maximum atomic E-state index is 13.3. The summed E-state index contributed by atoms with van der Waals surface area (Å²) in [5.74, 6) is -2.90. The van der Waals surface area contributed by atoms with E-state index in [0.717, 1.165) is 21.2 Å². The minimum Gasteiger partial charge on any atom is -0.338 e. The largest absolute Gasteiger partial charge is 0.338 e. The minimum atomic E-state index is -2.67. The number of rotatable bonds is 2. The second-order valence-electron chi connectivity index (χ2n) is 6.80. The molecule has 28 heavy (non-hydrogen) atoms. The van der Waals surface area contributed by atoms with Crippen LogP contribution in [-0.4, -0.2) is 29.8 Å². The van der Waals surface area contributed by atoms with Crippen molar-refractivity contribution in [2.24, 2.45) is 0 Å². The third kappa shape index (κ3) is 3.60. The summed E-state index contributed by atoms with van der Waals surface area (Å²) in [4.78, 5) is 17.5. The molecular formula is C21H15ClF2N2OS. The predicted octanol–water partition coefficient (Wildman–Crippen LogP) is 6.64. The van der Waals surface area contributed by atoms with Gasteiger partial charge in [0.05, 0.1) is 11.6 Å². The van der Waals surface area contributed by atoms with Gasteiger partial charge in [-0.05, 0) is 46.8 Å². The summed E-state index contributed by atoms with van der Waals surface area (Å²) in [6.07, 6.45) is -0.578. The lowest BCUT2D eigenvalue weighted by Gasteiger charge is -2.31. The summed E-state index contributed by atoms with van der Waals surface area (Å²) in [5.41, 5.74) is 2.26. The molecule has 2 heterocycles. The fourth-order valence-corrected chi connectivity index (χ4v) is 4.52. The highest BCUT2D eigenvalue weighted by Crippen LogP contribution is 2.39. The highest BCUT2D eigenvalue weighted by molar-refractivity contribution is 7.23. The lowest BCUT2D eigenvalue weighted by Crippen LogP contribution is -2.42. The number of thiophene rings is 1. The van der Waals surface area contributed by atoms with Crippen LogP contribution in [0.2, 0.25) is 5.02 Å². The fraction of sp³-hybridized carbons (Fsp3) is 0.238. The summed E-state index contributed by atoms with van der Waals surface area (Å²) in [7, 11) is 0. The van der Waals surface area contributed by atoms with Crippen molar-refractivity contribution in [3.63, 3.8) is 0 Å². The zero-order valence-electron chi connectivity index (χ0n) is 14.7. The molecule has 0 radical (unpaired) electrons. The van der Waals surface area contributed by atoms with Gasteiger partial charge in [0.25, 0.3) is 11.8 Å². The second-order valence-corrected chi connectivity index (χ2v) is 8.24. The van der Waals surface area contributed by atoms with Crippen LogP contribution >= 0.6 is 22.9 Å². The standard InChI is InChI=1S/C21H15ClF2N2OS/c1-25-18-12-16-10-15(11-17(22)19(16)28-18)13-2-4-14(5-3-13)20(27)26-8-6-21(23,24)7-9-26/h2-5,10-12H,6-9H2. The number of fused-ring (bicyclic) bond motifs is 1. The fourth-order valence-electron chi connectivity index (χ4n) is 3.34. The molecule has 3 aromatic rings. The Hall–Kier alpha value is -2.49. The van der Waals surface area contributed by atoms with E-state index in [9.17, 15) is 13.6 Å². The third-order valence-electron chi connectivity index (χ3n) is 4.92. The Balaban J connectivity index is 1.57. The summed E-state index contributed by atoms with van der Waals surface area (Å²) < 4.78 is 27.5. The molecule has 0 aliphatic carbocycles. The average Bonchev–Trinajstić information content (AvgIpc) is 3.11. The van der Waals surface area contributed by atoms with Gasteiger partial charge in [0.2, 0.25) is 5.00 Å². The predicted molar refractivity (Wildman–Crippen MR) is 109 cm³/mol. The van der Waals surface area contributed by atoms with Crippen LogP contribution in [0.25, 0.3) is 26.1 Å². The van der Waals surface area contributed by atoms with Crippen LogP contribution in [0.15, 0.2) is 42.5 Å². The molecule has 0 atom stereocenters. The van der Waals surface area contributed by atoms with Crippen molar-refractivity contribution in [3.8, 4) is 11.1 Å². The molecule has 1 aromatic heterocycles. The molecule has 1 fully saturated rings. The molecule has 0 saturated carbocycles. The Labute approximate surface area is 170 Å². The first-order valence-corrected chi connectivity index (χ1v) is 9.94. The third-order valence-corrected chi connectivity index (χ3v) is 6.40. The highest BCUT2D eigenvalue weighted by Gasteiger charge is 2.35. The van der Waals surface area contributed by atoms with Gasteiger partial charge in [0, 0.05) is 36.2 Å². The van der Waals surface area contributed by atoms with Gasteiger partial charge < -0.3 is 4.90 Å². The lowest BCUT2D eigenvalue weighted by molar-refractivity contribution is -0.0494. The Morgan fingerprint density at radius 2 is 1.79 bits per heavy atom. The van der Waals surface area contributed by atoms with Crippen LogP contribution in [-0.2, 0) is 0 Å².